The van der Waals surface area contributed by atoms with Gasteiger partial charge in [-0.3, -0.25) is 9.59 Å². The molecule has 4 N–H and O–H groups in total. The Bertz CT molecular complexity index is 593. The number of thiocarbonyl (C=S) groups is 2. The molecule has 0 fully saturated rings. The minimum atomic E-state index is -0.240. The van der Waals surface area contributed by atoms with Crippen LogP contribution in [-0.4, -0.2) is 27.9 Å². The van der Waals surface area contributed by atoms with Crippen molar-refractivity contribution in [3.8, 4) is 0 Å². The Morgan fingerprint density at radius 2 is 1.48 bits per heavy atom. The van der Waals surface area contributed by atoms with Crippen LogP contribution in [0.3, 0.4) is 0 Å². The second-order valence-electron chi connectivity index (χ2n) is 4.51. The molecule has 0 aliphatic heterocycles. The van der Waals surface area contributed by atoms with Crippen LogP contribution in [0.25, 0.3) is 0 Å². The molecule has 1 aromatic rings. The minimum absolute atomic E-state index is 0.179. The number of alkyl halides is 1. The van der Waals surface area contributed by atoms with Gasteiger partial charge in [0.05, 0.1) is 0 Å². The Kier molecular flexibility index (Phi) is 8.46. The molecule has 1 rings (SSSR count). The quantitative estimate of drug-likeness (QED) is 0.469. The molecule has 6 nitrogen and oxygen atoms in total. The summed E-state index contributed by atoms with van der Waals surface area (Å²) in [5.74, 6) is 0.0146. The van der Waals surface area contributed by atoms with E-state index in [9.17, 15) is 9.59 Å². The summed E-state index contributed by atoms with van der Waals surface area (Å²) in [5.41, 5.74) is 1.43. The van der Waals surface area contributed by atoms with Gasteiger partial charge in [-0.15, -0.1) is 11.6 Å². The maximum atomic E-state index is 11.5. The van der Waals surface area contributed by atoms with Crippen LogP contribution in [0.5, 0.6) is 0 Å². The highest BCUT2D eigenvalue weighted by atomic mass is 35.5. The molecule has 23 heavy (non-hydrogen) atoms. The molecular formula is C14H17ClN4O2S2. The van der Waals surface area contributed by atoms with E-state index < -0.39 is 0 Å². The first-order valence-corrected chi connectivity index (χ1v) is 8.11. The number of carbonyl (C=O) groups is 2. The zero-order valence-corrected chi connectivity index (χ0v) is 14.8. The lowest BCUT2D eigenvalue weighted by Crippen LogP contribution is -2.34. The summed E-state index contributed by atoms with van der Waals surface area (Å²) in [6, 6.07) is 7.04. The van der Waals surface area contributed by atoms with Crippen molar-refractivity contribution >= 4 is 69.5 Å². The van der Waals surface area contributed by atoms with Crippen molar-refractivity contribution in [1.82, 2.24) is 10.6 Å². The zero-order chi connectivity index (χ0) is 17.2. The third-order valence-corrected chi connectivity index (χ3v) is 3.16. The molecule has 1 aromatic carbocycles. The molecule has 0 saturated carbocycles. The number of carbonyl (C=O) groups excluding carboxylic acids is 2. The van der Waals surface area contributed by atoms with Gasteiger partial charge in [-0.25, -0.2) is 0 Å². The van der Waals surface area contributed by atoms with Crippen LogP contribution >= 0.6 is 36.0 Å². The van der Waals surface area contributed by atoms with Crippen molar-refractivity contribution in [2.24, 2.45) is 0 Å². The van der Waals surface area contributed by atoms with Crippen LogP contribution in [0, 0.1) is 0 Å². The number of nitrogens with one attached hydrogen (secondary N) is 4. The molecule has 0 atom stereocenters. The predicted octanol–water partition coefficient (Wildman–Crippen LogP) is 2.35. The van der Waals surface area contributed by atoms with E-state index in [-0.39, 0.29) is 22.0 Å². The predicted molar refractivity (Wildman–Crippen MR) is 101 cm³/mol. The molecule has 0 aliphatic rings. The van der Waals surface area contributed by atoms with Crippen molar-refractivity contribution in [3.05, 3.63) is 24.3 Å². The molecule has 0 aromatic heterocycles. The number of halogens is 1. The number of amides is 2. The Balaban J connectivity index is 2.47. The van der Waals surface area contributed by atoms with Gasteiger partial charge < -0.3 is 21.3 Å². The smallest absolute Gasteiger partial charge is 0.226 e. The molecule has 0 unspecified atom stereocenters. The van der Waals surface area contributed by atoms with E-state index in [1.807, 2.05) is 0 Å². The molecule has 0 heterocycles. The molecule has 0 aliphatic carbocycles. The average molecular weight is 373 g/mol. The summed E-state index contributed by atoms with van der Waals surface area (Å²) in [6.45, 7) is 1.38. The van der Waals surface area contributed by atoms with Gasteiger partial charge in [-0.2, -0.15) is 0 Å². The maximum absolute atomic E-state index is 11.5. The fourth-order valence-corrected chi connectivity index (χ4v) is 2.16. The lowest BCUT2D eigenvalue weighted by atomic mass is 10.3. The van der Waals surface area contributed by atoms with Gasteiger partial charge in [-0.1, -0.05) is 0 Å². The summed E-state index contributed by atoms with van der Waals surface area (Å²) in [4.78, 5) is 22.4. The SMILES string of the molecule is CC(=O)NC(=S)Nc1ccc(NC(=S)NC(=O)CCCCl)cc1. The number of benzene rings is 1. The van der Waals surface area contributed by atoms with Crippen LogP contribution in [0.2, 0.25) is 0 Å². The largest absolute Gasteiger partial charge is 0.332 e. The van der Waals surface area contributed by atoms with E-state index >= 15 is 0 Å². The third-order valence-electron chi connectivity index (χ3n) is 2.48. The minimum Gasteiger partial charge on any atom is -0.332 e. The van der Waals surface area contributed by atoms with Crippen LogP contribution in [0.4, 0.5) is 11.4 Å². The van der Waals surface area contributed by atoms with E-state index in [0.717, 1.165) is 0 Å². The molecule has 0 radical (unpaired) electrons. The van der Waals surface area contributed by atoms with Crippen LogP contribution in [0.15, 0.2) is 24.3 Å². The summed E-state index contributed by atoms with van der Waals surface area (Å²) in [5, 5.41) is 11.2. The lowest BCUT2D eigenvalue weighted by molar-refractivity contribution is -0.119. The summed E-state index contributed by atoms with van der Waals surface area (Å²) < 4.78 is 0. The molecule has 9 heteroatoms. The Morgan fingerprint density at radius 1 is 1.00 bits per heavy atom. The van der Waals surface area contributed by atoms with Crippen LogP contribution in [-0.2, 0) is 9.59 Å². The van der Waals surface area contributed by atoms with E-state index in [4.69, 9.17) is 36.0 Å². The van der Waals surface area contributed by atoms with Crippen LogP contribution in [0.1, 0.15) is 19.8 Å². The number of rotatable bonds is 5. The van der Waals surface area contributed by atoms with Gasteiger partial charge in [0.25, 0.3) is 0 Å². The lowest BCUT2D eigenvalue weighted by Gasteiger charge is -2.11. The van der Waals surface area contributed by atoms with Crippen LogP contribution < -0.4 is 21.3 Å². The van der Waals surface area contributed by atoms with Gasteiger partial charge in [0.1, 0.15) is 0 Å². The van der Waals surface area contributed by atoms with E-state index in [1.54, 1.807) is 24.3 Å². The fraction of sp³-hybridized carbons (Fsp3) is 0.286. The molecule has 0 spiro atoms. The summed E-state index contributed by atoms with van der Waals surface area (Å²) >= 11 is 15.5. The number of hydrogen-bond acceptors (Lipinski definition) is 4. The Hall–Kier alpha value is -1.77. The van der Waals surface area contributed by atoms with Gasteiger partial charge in [0, 0.05) is 30.6 Å². The molecule has 2 amide bonds. The topological polar surface area (TPSA) is 82.3 Å². The first kappa shape index (κ1) is 19.3. The van der Waals surface area contributed by atoms with E-state index in [0.29, 0.717) is 30.1 Å². The molecule has 124 valence electrons. The van der Waals surface area contributed by atoms with Gasteiger partial charge in [0.15, 0.2) is 10.2 Å². The summed E-state index contributed by atoms with van der Waals surface area (Å²) in [7, 11) is 0. The first-order chi connectivity index (χ1) is 10.9. The highest BCUT2D eigenvalue weighted by Gasteiger charge is 2.05. The maximum Gasteiger partial charge on any atom is 0.226 e. The molecular weight excluding hydrogens is 356 g/mol. The fourth-order valence-electron chi connectivity index (χ4n) is 1.54. The van der Waals surface area contributed by atoms with Gasteiger partial charge >= 0.3 is 0 Å². The Morgan fingerprint density at radius 3 is 1.91 bits per heavy atom. The molecule has 0 bridgehead atoms. The van der Waals surface area contributed by atoms with Crippen molar-refractivity contribution in [1.29, 1.82) is 0 Å². The van der Waals surface area contributed by atoms with Gasteiger partial charge in [0.2, 0.25) is 11.8 Å². The van der Waals surface area contributed by atoms with Gasteiger partial charge in [-0.05, 0) is 55.1 Å². The summed E-state index contributed by atoms with van der Waals surface area (Å²) in [6.07, 6.45) is 0.930. The molecule has 0 saturated heterocycles. The monoisotopic (exact) mass is 372 g/mol. The van der Waals surface area contributed by atoms with Crippen molar-refractivity contribution in [3.63, 3.8) is 0 Å². The standard InChI is InChI=1S/C14H17ClN4O2S2/c1-9(20)16-13(22)17-10-4-6-11(7-5-10)18-14(23)19-12(21)3-2-8-15/h4-7H,2-3,8H2,1H3,(H2,16,17,20,22)(H2,18,19,21,23). The van der Waals surface area contributed by atoms with Crippen molar-refractivity contribution < 1.29 is 9.59 Å². The Labute approximate surface area is 150 Å². The van der Waals surface area contributed by atoms with Crippen molar-refractivity contribution in [2.75, 3.05) is 16.5 Å². The van der Waals surface area contributed by atoms with Crippen molar-refractivity contribution in [2.45, 2.75) is 19.8 Å². The zero-order valence-electron chi connectivity index (χ0n) is 12.4. The normalized spacial score (nSPS) is 9.65. The van der Waals surface area contributed by atoms with E-state index in [2.05, 4.69) is 21.3 Å². The second-order valence-corrected chi connectivity index (χ2v) is 5.70. The highest BCUT2D eigenvalue weighted by Crippen LogP contribution is 2.13. The van der Waals surface area contributed by atoms with E-state index in [1.165, 1.54) is 6.92 Å². The second kappa shape index (κ2) is 10.1. The number of anilines is 2. The average Bonchev–Trinajstić information content (AvgIpc) is 2.46. The highest BCUT2D eigenvalue weighted by molar-refractivity contribution is 7.80. The third kappa shape index (κ3) is 8.44. The number of hydrogen-bond donors (Lipinski definition) is 4. The first-order valence-electron chi connectivity index (χ1n) is 6.76.